The molecule has 3 atom stereocenters. The molecule has 2 aliphatic heterocycles. The number of nitrogens with zero attached hydrogens (tertiary/aromatic N) is 2. The molecule has 1 aromatic heterocycles. The largest absolute Gasteiger partial charge is 0.478 e. The van der Waals surface area contributed by atoms with Crippen LogP contribution in [0.25, 0.3) is 0 Å². The van der Waals surface area contributed by atoms with Gasteiger partial charge in [-0.2, -0.15) is 0 Å². The molecule has 0 aromatic carbocycles. The van der Waals surface area contributed by atoms with Crippen molar-refractivity contribution in [1.29, 1.82) is 0 Å². The van der Waals surface area contributed by atoms with Crippen molar-refractivity contribution < 1.29 is 9.47 Å². The van der Waals surface area contributed by atoms with Crippen molar-refractivity contribution in [3.8, 4) is 5.88 Å². The Morgan fingerprint density at radius 1 is 1.44 bits per heavy atom. The van der Waals surface area contributed by atoms with Crippen molar-refractivity contribution in [2.75, 3.05) is 11.9 Å². The summed E-state index contributed by atoms with van der Waals surface area (Å²) >= 11 is 0. The average Bonchev–Trinajstić information content (AvgIpc) is 2.99. The molecule has 3 rings (SSSR count). The van der Waals surface area contributed by atoms with Crippen molar-refractivity contribution >= 4 is 5.82 Å². The first-order valence-electron chi connectivity index (χ1n) is 6.72. The topological polar surface area (TPSA) is 56.3 Å². The van der Waals surface area contributed by atoms with Crippen LogP contribution in [0.2, 0.25) is 0 Å². The third-order valence-corrected chi connectivity index (χ3v) is 3.54. The fourth-order valence-electron chi connectivity index (χ4n) is 2.68. The first-order chi connectivity index (χ1) is 8.85. The second-order valence-electron chi connectivity index (χ2n) is 4.95. The third-order valence-electron chi connectivity index (χ3n) is 3.54. The Hall–Kier alpha value is -1.36. The van der Waals surface area contributed by atoms with Gasteiger partial charge in [0, 0.05) is 6.07 Å². The van der Waals surface area contributed by atoms with Crippen molar-refractivity contribution in [3.63, 3.8) is 0 Å². The highest BCUT2D eigenvalue weighted by atomic mass is 16.5. The van der Waals surface area contributed by atoms with E-state index in [0.29, 0.717) is 30.7 Å². The van der Waals surface area contributed by atoms with Crippen LogP contribution in [0.4, 0.5) is 5.82 Å². The minimum atomic E-state index is 0.352. The standard InChI is InChI=1S/C13H19N3O2/c1-2-5-17-13-7-12(14-8-15-13)16-10-6-9-3-4-11(10)18-9/h7-11H,2-6H2,1H3,(H,14,15,16). The molecule has 5 heteroatoms. The Kier molecular flexibility index (Phi) is 3.32. The molecule has 3 unspecified atom stereocenters. The molecule has 18 heavy (non-hydrogen) atoms. The molecule has 0 amide bonds. The van der Waals surface area contributed by atoms with E-state index in [4.69, 9.17) is 9.47 Å². The van der Waals surface area contributed by atoms with Crippen LogP contribution < -0.4 is 10.1 Å². The molecule has 0 aliphatic carbocycles. The summed E-state index contributed by atoms with van der Waals surface area (Å²) < 4.78 is 11.3. The minimum absolute atomic E-state index is 0.352. The summed E-state index contributed by atoms with van der Waals surface area (Å²) in [6, 6.07) is 2.25. The van der Waals surface area contributed by atoms with Gasteiger partial charge in [0.2, 0.25) is 5.88 Å². The number of aromatic nitrogens is 2. The van der Waals surface area contributed by atoms with E-state index in [1.165, 1.54) is 6.42 Å². The Labute approximate surface area is 107 Å². The molecule has 2 bridgehead atoms. The summed E-state index contributed by atoms with van der Waals surface area (Å²) in [5.41, 5.74) is 0. The second kappa shape index (κ2) is 5.10. The van der Waals surface area contributed by atoms with Gasteiger partial charge in [0.25, 0.3) is 0 Å². The quantitative estimate of drug-likeness (QED) is 0.865. The summed E-state index contributed by atoms with van der Waals surface area (Å²) in [5, 5.41) is 3.43. The molecule has 98 valence electrons. The van der Waals surface area contributed by atoms with E-state index in [1.807, 2.05) is 6.07 Å². The summed E-state index contributed by atoms with van der Waals surface area (Å²) in [6.45, 7) is 2.76. The molecule has 0 radical (unpaired) electrons. The maximum absolute atomic E-state index is 5.82. The molecule has 5 nitrogen and oxygen atoms in total. The molecular weight excluding hydrogens is 230 g/mol. The van der Waals surface area contributed by atoms with Gasteiger partial charge in [-0.3, -0.25) is 0 Å². The number of rotatable bonds is 5. The van der Waals surface area contributed by atoms with Gasteiger partial charge in [-0.1, -0.05) is 6.92 Å². The van der Waals surface area contributed by atoms with Gasteiger partial charge in [0.1, 0.15) is 12.1 Å². The normalized spacial score (nSPS) is 29.5. The van der Waals surface area contributed by atoms with E-state index < -0.39 is 0 Å². The van der Waals surface area contributed by atoms with Crippen LogP contribution in [0.15, 0.2) is 12.4 Å². The van der Waals surface area contributed by atoms with E-state index in [2.05, 4.69) is 22.2 Å². The van der Waals surface area contributed by atoms with Crippen molar-refractivity contribution in [1.82, 2.24) is 9.97 Å². The molecule has 1 N–H and O–H groups in total. The van der Waals surface area contributed by atoms with Gasteiger partial charge in [-0.05, 0) is 25.7 Å². The number of fused-ring (bicyclic) bond motifs is 2. The van der Waals surface area contributed by atoms with Crippen LogP contribution in [0.3, 0.4) is 0 Å². The Morgan fingerprint density at radius 3 is 3.11 bits per heavy atom. The van der Waals surface area contributed by atoms with Gasteiger partial charge in [-0.25, -0.2) is 9.97 Å². The highest BCUT2D eigenvalue weighted by Crippen LogP contribution is 2.35. The molecule has 2 aliphatic rings. The summed E-state index contributed by atoms with van der Waals surface area (Å²) in [6.07, 6.45) is 6.77. The lowest BCUT2D eigenvalue weighted by Gasteiger charge is -2.20. The predicted octanol–water partition coefficient (Wildman–Crippen LogP) is 2.00. The maximum atomic E-state index is 5.82. The Balaban J connectivity index is 1.62. The molecule has 0 spiro atoms. The van der Waals surface area contributed by atoms with Crippen molar-refractivity contribution in [2.24, 2.45) is 0 Å². The van der Waals surface area contributed by atoms with E-state index in [-0.39, 0.29) is 0 Å². The van der Waals surface area contributed by atoms with Gasteiger partial charge in [0.15, 0.2) is 0 Å². The van der Waals surface area contributed by atoms with Crippen LogP contribution >= 0.6 is 0 Å². The zero-order chi connectivity index (χ0) is 12.4. The predicted molar refractivity (Wildman–Crippen MR) is 67.7 cm³/mol. The lowest BCUT2D eigenvalue weighted by atomic mass is 9.95. The van der Waals surface area contributed by atoms with Crippen molar-refractivity contribution in [3.05, 3.63) is 12.4 Å². The zero-order valence-electron chi connectivity index (χ0n) is 10.6. The van der Waals surface area contributed by atoms with Gasteiger partial charge >= 0.3 is 0 Å². The maximum Gasteiger partial charge on any atom is 0.218 e. The second-order valence-corrected chi connectivity index (χ2v) is 4.95. The molecule has 3 heterocycles. The van der Waals surface area contributed by atoms with E-state index >= 15 is 0 Å². The fraction of sp³-hybridized carbons (Fsp3) is 0.692. The highest BCUT2D eigenvalue weighted by Gasteiger charge is 2.40. The Bertz CT molecular complexity index is 413. The van der Waals surface area contributed by atoms with Crippen LogP contribution in [0, 0.1) is 0 Å². The summed E-state index contributed by atoms with van der Waals surface area (Å²) in [4.78, 5) is 8.33. The lowest BCUT2D eigenvalue weighted by Crippen LogP contribution is -2.30. The number of ether oxygens (including phenoxy) is 2. The fourth-order valence-corrected chi connectivity index (χ4v) is 2.68. The zero-order valence-corrected chi connectivity index (χ0v) is 10.6. The molecule has 0 saturated carbocycles. The van der Waals surface area contributed by atoms with Crippen LogP contribution in [0.5, 0.6) is 5.88 Å². The van der Waals surface area contributed by atoms with Crippen LogP contribution in [0.1, 0.15) is 32.6 Å². The average molecular weight is 249 g/mol. The van der Waals surface area contributed by atoms with Gasteiger partial charge < -0.3 is 14.8 Å². The molecular formula is C13H19N3O2. The highest BCUT2D eigenvalue weighted by molar-refractivity contribution is 5.39. The lowest BCUT2D eigenvalue weighted by molar-refractivity contribution is 0.102. The smallest absolute Gasteiger partial charge is 0.218 e. The number of hydrogen-bond donors (Lipinski definition) is 1. The first-order valence-corrected chi connectivity index (χ1v) is 6.72. The SMILES string of the molecule is CCCOc1cc(NC2CC3CCC2O3)ncn1. The number of anilines is 1. The first kappa shape index (κ1) is 11.7. The van der Waals surface area contributed by atoms with Gasteiger partial charge in [0.05, 0.1) is 24.9 Å². The van der Waals surface area contributed by atoms with Crippen LogP contribution in [-0.2, 0) is 4.74 Å². The van der Waals surface area contributed by atoms with Gasteiger partial charge in [-0.15, -0.1) is 0 Å². The van der Waals surface area contributed by atoms with E-state index in [0.717, 1.165) is 25.1 Å². The summed E-state index contributed by atoms with van der Waals surface area (Å²) in [5.74, 6) is 1.47. The minimum Gasteiger partial charge on any atom is -0.478 e. The van der Waals surface area contributed by atoms with E-state index in [9.17, 15) is 0 Å². The number of hydrogen-bond acceptors (Lipinski definition) is 5. The molecule has 1 aromatic rings. The molecule has 2 fully saturated rings. The monoisotopic (exact) mass is 249 g/mol. The Morgan fingerprint density at radius 2 is 2.39 bits per heavy atom. The van der Waals surface area contributed by atoms with E-state index in [1.54, 1.807) is 6.33 Å². The number of nitrogens with one attached hydrogen (secondary N) is 1. The summed E-state index contributed by atoms with van der Waals surface area (Å²) in [7, 11) is 0. The van der Waals surface area contributed by atoms with Crippen LogP contribution in [-0.4, -0.2) is 34.8 Å². The third kappa shape index (κ3) is 2.41. The molecule has 2 saturated heterocycles. The van der Waals surface area contributed by atoms with Crippen molar-refractivity contribution in [2.45, 2.75) is 50.9 Å².